The molecule has 1 aromatic heterocycles. The first-order chi connectivity index (χ1) is 7.15. The highest BCUT2D eigenvalue weighted by Crippen LogP contribution is 2.31. The molecule has 0 saturated carbocycles. The van der Waals surface area contributed by atoms with Gasteiger partial charge in [0.2, 0.25) is 0 Å². The lowest BCUT2D eigenvalue weighted by Crippen LogP contribution is -1.94. The van der Waals surface area contributed by atoms with E-state index in [4.69, 9.17) is 0 Å². The van der Waals surface area contributed by atoms with Crippen molar-refractivity contribution in [3.8, 4) is 0 Å². The van der Waals surface area contributed by atoms with Gasteiger partial charge in [0.05, 0.1) is 11.2 Å². The minimum absolute atomic E-state index is 1.02. The van der Waals surface area contributed by atoms with E-state index >= 15 is 0 Å². The summed E-state index contributed by atoms with van der Waals surface area (Å²) in [4.78, 5) is 4.67. The van der Waals surface area contributed by atoms with Crippen LogP contribution in [0.15, 0.2) is 22.7 Å². The smallest absolute Gasteiger partial charge is 0.0749 e. The summed E-state index contributed by atoms with van der Waals surface area (Å²) in [6.07, 6.45) is 1.02. The van der Waals surface area contributed by atoms with Crippen LogP contribution in [0.25, 0.3) is 10.9 Å². The summed E-state index contributed by atoms with van der Waals surface area (Å²) in [7, 11) is 0. The summed E-state index contributed by atoms with van der Waals surface area (Å²) in [6.45, 7) is 4.22. The molecule has 0 spiro atoms. The number of hydrogen-bond acceptors (Lipinski definition) is 1. The van der Waals surface area contributed by atoms with Crippen LogP contribution < -0.4 is 0 Å². The van der Waals surface area contributed by atoms with Crippen molar-refractivity contribution < 1.29 is 0 Å². The molecule has 2 aromatic rings. The Kier molecular flexibility index (Phi) is 3.30. The first kappa shape index (κ1) is 11.3. The van der Waals surface area contributed by atoms with Crippen molar-refractivity contribution >= 4 is 49.4 Å². The zero-order valence-electron chi connectivity index (χ0n) is 8.64. The molecule has 3 heteroatoms. The molecule has 15 heavy (non-hydrogen) atoms. The number of rotatable bonds is 1. The number of halogens is 2. The molecule has 0 amide bonds. The van der Waals surface area contributed by atoms with Crippen molar-refractivity contribution in [2.24, 2.45) is 0 Å². The molecule has 0 radical (unpaired) electrons. The third-order valence-electron chi connectivity index (χ3n) is 2.53. The van der Waals surface area contributed by atoms with Crippen molar-refractivity contribution in [1.29, 1.82) is 0 Å². The molecule has 0 N–H and O–H groups in total. The predicted octanol–water partition coefficient (Wildman–Crippen LogP) is 4.47. The second kappa shape index (κ2) is 4.37. The van der Waals surface area contributed by atoms with Gasteiger partial charge in [0, 0.05) is 13.4 Å². The molecule has 0 saturated heterocycles. The number of benzene rings is 1. The van der Waals surface area contributed by atoms with Crippen LogP contribution in [0.2, 0.25) is 0 Å². The summed E-state index contributed by atoms with van der Waals surface area (Å²) >= 11 is 5.98. The van der Waals surface area contributed by atoms with E-state index in [9.17, 15) is 0 Å². The highest BCUT2D eigenvalue weighted by atomic mass is 127. The van der Waals surface area contributed by atoms with Gasteiger partial charge in [-0.1, -0.05) is 25.1 Å². The average Bonchev–Trinajstić information content (AvgIpc) is 2.25. The zero-order chi connectivity index (χ0) is 11.0. The van der Waals surface area contributed by atoms with Gasteiger partial charge >= 0.3 is 0 Å². The van der Waals surface area contributed by atoms with Crippen LogP contribution in [-0.4, -0.2) is 4.98 Å². The van der Waals surface area contributed by atoms with Crippen LogP contribution in [0.1, 0.15) is 18.2 Å². The summed E-state index contributed by atoms with van der Waals surface area (Å²) in [5.41, 5.74) is 3.54. The summed E-state index contributed by atoms with van der Waals surface area (Å²) in [6, 6.07) is 6.36. The summed E-state index contributed by atoms with van der Waals surface area (Å²) in [5, 5.41) is 1.21. The molecule has 1 heterocycles. The molecule has 1 nitrogen and oxygen atoms in total. The van der Waals surface area contributed by atoms with Crippen LogP contribution in [-0.2, 0) is 6.42 Å². The van der Waals surface area contributed by atoms with Gasteiger partial charge < -0.3 is 0 Å². The van der Waals surface area contributed by atoms with E-state index in [-0.39, 0.29) is 0 Å². The van der Waals surface area contributed by atoms with Gasteiger partial charge in [0.15, 0.2) is 0 Å². The maximum Gasteiger partial charge on any atom is 0.0749 e. The Morgan fingerprint density at radius 3 is 2.80 bits per heavy atom. The molecular weight excluding hydrogens is 365 g/mol. The predicted molar refractivity (Wildman–Crippen MR) is 76.3 cm³/mol. The van der Waals surface area contributed by atoms with Gasteiger partial charge in [-0.25, -0.2) is 0 Å². The van der Waals surface area contributed by atoms with E-state index < -0.39 is 0 Å². The van der Waals surface area contributed by atoms with Crippen LogP contribution in [0.4, 0.5) is 0 Å². The lowest BCUT2D eigenvalue weighted by molar-refractivity contribution is 1.13. The third-order valence-corrected chi connectivity index (χ3v) is 5.41. The van der Waals surface area contributed by atoms with Gasteiger partial charge in [-0.15, -0.1) is 0 Å². The molecule has 2 rings (SSSR count). The molecule has 1 aromatic carbocycles. The summed E-state index contributed by atoms with van der Waals surface area (Å²) in [5.74, 6) is 0. The maximum atomic E-state index is 4.67. The Bertz CT molecular complexity index is 523. The molecule has 0 aliphatic carbocycles. The van der Waals surface area contributed by atoms with Crippen LogP contribution >= 0.6 is 38.5 Å². The molecule has 0 aliphatic rings. The Hall–Kier alpha value is -0.160. The Morgan fingerprint density at radius 1 is 1.40 bits per heavy atom. The topological polar surface area (TPSA) is 12.9 Å². The van der Waals surface area contributed by atoms with Gasteiger partial charge in [-0.3, -0.25) is 4.98 Å². The molecular formula is C12H11BrIN. The number of aryl methyl sites for hydroxylation is 2. The molecule has 0 fully saturated rings. The normalized spacial score (nSPS) is 10.9. The molecule has 0 atom stereocenters. The highest BCUT2D eigenvalue weighted by Gasteiger charge is 2.09. The minimum atomic E-state index is 1.02. The van der Waals surface area contributed by atoms with E-state index in [2.05, 4.69) is 75.6 Å². The van der Waals surface area contributed by atoms with Crippen LogP contribution in [0, 0.1) is 10.5 Å². The number of aromatic nitrogens is 1. The van der Waals surface area contributed by atoms with E-state index in [1.165, 1.54) is 19.0 Å². The fourth-order valence-electron chi connectivity index (χ4n) is 1.68. The monoisotopic (exact) mass is 375 g/mol. The number of hydrogen-bond donors (Lipinski definition) is 0. The molecule has 0 bridgehead atoms. The van der Waals surface area contributed by atoms with Crippen LogP contribution in [0.3, 0.4) is 0 Å². The fraction of sp³-hybridized carbons (Fsp3) is 0.250. The van der Waals surface area contributed by atoms with Crippen molar-refractivity contribution in [3.63, 3.8) is 0 Å². The fourth-order valence-corrected chi connectivity index (χ4v) is 2.70. The van der Waals surface area contributed by atoms with E-state index in [1.54, 1.807) is 0 Å². The van der Waals surface area contributed by atoms with Crippen molar-refractivity contribution in [2.75, 3.05) is 0 Å². The van der Waals surface area contributed by atoms with Crippen molar-refractivity contribution in [1.82, 2.24) is 4.98 Å². The number of fused-ring (bicyclic) bond motifs is 1. The number of pyridine rings is 1. The van der Waals surface area contributed by atoms with Crippen LogP contribution in [0.5, 0.6) is 0 Å². The molecule has 0 aliphatic heterocycles. The second-order valence-electron chi connectivity index (χ2n) is 3.49. The maximum absolute atomic E-state index is 4.67. The zero-order valence-corrected chi connectivity index (χ0v) is 12.4. The van der Waals surface area contributed by atoms with Crippen molar-refractivity contribution in [3.05, 3.63) is 37.5 Å². The van der Waals surface area contributed by atoms with Crippen molar-refractivity contribution in [2.45, 2.75) is 20.3 Å². The third kappa shape index (κ3) is 1.91. The standard InChI is InChI=1S/C12H11BrIN/c1-3-8-5-4-6-9-10(13)11(14)7(2)15-12(8)9/h4-6H,3H2,1-2H3. The highest BCUT2D eigenvalue weighted by molar-refractivity contribution is 14.1. The SMILES string of the molecule is CCc1cccc2c(Br)c(I)c(C)nc12. The Labute approximate surface area is 112 Å². The quantitative estimate of drug-likeness (QED) is 0.670. The lowest BCUT2D eigenvalue weighted by atomic mass is 10.1. The second-order valence-corrected chi connectivity index (χ2v) is 5.36. The first-order valence-electron chi connectivity index (χ1n) is 4.88. The largest absolute Gasteiger partial charge is 0.252 e. The van der Waals surface area contributed by atoms with E-state index in [1.807, 2.05) is 0 Å². The van der Waals surface area contributed by atoms with Gasteiger partial charge in [0.1, 0.15) is 0 Å². The number of para-hydroxylation sites is 1. The van der Waals surface area contributed by atoms with Gasteiger partial charge in [0.25, 0.3) is 0 Å². The Balaban J connectivity index is 2.91. The first-order valence-corrected chi connectivity index (χ1v) is 6.75. The lowest BCUT2D eigenvalue weighted by Gasteiger charge is -2.08. The van der Waals surface area contributed by atoms with Gasteiger partial charge in [-0.2, -0.15) is 0 Å². The van der Waals surface area contributed by atoms with Gasteiger partial charge in [-0.05, 0) is 57.4 Å². The van der Waals surface area contributed by atoms with E-state index in [0.717, 1.165) is 17.6 Å². The molecule has 0 unspecified atom stereocenters. The molecule has 78 valence electrons. The Morgan fingerprint density at radius 2 is 2.13 bits per heavy atom. The van der Waals surface area contributed by atoms with E-state index in [0.29, 0.717) is 0 Å². The summed E-state index contributed by atoms with van der Waals surface area (Å²) < 4.78 is 2.37. The average molecular weight is 376 g/mol. The number of nitrogens with zero attached hydrogens (tertiary/aromatic N) is 1. The minimum Gasteiger partial charge on any atom is -0.252 e.